The Hall–Kier alpha value is -1.77. The molecule has 0 aliphatic rings. The third-order valence-electron chi connectivity index (χ3n) is 2.60. The van der Waals surface area contributed by atoms with Crippen LogP contribution in [0.15, 0.2) is 48.5 Å². The monoisotopic (exact) mass is 291 g/mol. The van der Waals surface area contributed by atoms with Gasteiger partial charge in [-0.2, -0.15) is 0 Å². The van der Waals surface area contributed by atoms with Crippen LogP contribution in [0.25, 0.3) is 6.08 Å². The number of hydrogen-bond acceptors (Lipinski definition) is 2. The number of nitrogens with two attached hydrogens (primary N) is 1. The molecule has 0 unspecified atom stereocenters. The van der Waals surface area contributed by atoms with Crippen molar-refractivity contribution in [3.63, 3.8) is 0 Å². The van der Waals surface area contributed by atoms with E-state index in [4.69, 9.17) is 28.9 Å². The number of anilines is 1. The fraction of sp³-hybridized carbons (Fsp3) is 0. The molecule has 19 heavy (non-hydrogen) atoms. The lowest BCUT2D eigenvalue weighted by Crippen LogP contribution is -1.94. The van der Waals surface area contributed by atoms with Crippen molar-refractivity contribution in [2.75, 3.05) is 5.73 Å². The summed E-state index contributed by atoms with van der Waals surface area (Å²) in [5.41, 5.74) is 7.38. The summed E-state index contributed by atoms with van der Waals surface area (Å²) >= 11 is 12.0. The minimum atomic E-state index is -0.129. The summed E-state index contributed by atoms with van der Waals surface area (Å²) in [6.45, 7) is 0. The molecule has 2 N–H and O–H groups in total. The Morgan fingerprint density at radius 3 is 2.16 bits per heavy atom. The first-order valence-electron chi connectivity index (χ1n) is 5.60. The molecule has 0 bridgehead atoms. The van der Waals surface area contributed by atoms with Crippen LogP contribution in [0.2, 0.25) is 10.0 Å². The van der Waals surface area contributed by atoms with Crippen molar-refractivity contribution in [3.8, 4) is 0 Å². The predicted octanol–water partition coefficient (Wildman–Crippen LogP) is 4.47. The number of ketones is 1. The summed E-state index contributed by atoms with van der Waals surface area (Å²) in [5, 5.41) is 1.02. The van der Waals surface area contributed by atoms with Crippen LogP contribution in [-0.4, -0.2) is 5.78 Å². The van der Waals surface area contributed by atoms with Gasteiger partial charge in [-0.05, 0) is 48.6 Å². The van der Waals surface area contributed by atoms with Gasteiger partial charge in [-0.3, -0.25) is 4.79 Å². The molecule has 2 aromatic carbocycles. The molecule has 0 aromatic heterocycles. The van der Waals surface area contributed by atoms with E-state index >= 15 is 0 Å². The molecule has 0 fully saturated rings. The number of carbonyl (C=O) groups is 1. The molecule has 0 saturated heterocycles. The minimum Gasteiger partial charge on any atom is -0.399 e. The van der Waals surface area contributed by atoms with Crippen LogP contribution in [0.1, 0.15) is 15.9 Å². The Labute approximate surface area is 121 Å². The Balaban J connectivity index is 2.23. The van der Waals surface area contributed by atoms with Gasteiger partial charge in [-0.1, -0.05) is 29.3 Å². The van der Waals surface area contributed by atoms with Gasteiger partial charge in [-0.25, -0.2) is 0 Å². The largest absolute Gasteiger partial charge is 0.399 e. The SMILES string of the molecule is Nc1ccc(C(=O)/C=C\c2c(Cl)cccc2Cl)cc1. The highest BCUT2D eigenvalue weighted by Crippen LogP contribution is 2.25. The number of allylic oxidation sites excluding steroid dienone is 1. The van der Waals surface area contributed by atoms with E-state index in [9.17, 15) is 4.79 Å². The van der Waals surface area contributed by atoms with Crippen LogP contribution in [0.3, 0.4) is 0 Å². The number of hydrogen-bond donors (Lipinski definition) is 1. The fourth-order valence-corrected chi connectivity index (χ4v) is 2.10. The summed E-state index contributed by atoms with van der Waals surface area (Å²) in [6, 6.07) is 11.9. The molecule has 0 spiro atoms. The zero-order valence-electron chi connectivity index (χ0n) is 9.94. The Morgan fingerprint density at radius 2 is 1.58 bits per heavy atom. The van der Waals surface area contributed by atoms with E-state index < -0.39 is 0 Å². The van der Waals surface area contributed by atoms with Crippen molar-refractivity contribution in [1.29, 1.82) is 0 Å². The third-order valence-corrected chi connectivity index (χ3v) is 3.26. The van der Waals surface area contributed by atoms with Crippen LogP contribution >= 0.6 is 23.2 Å². The minimum absolute atomic E-state index is 0.129. The van der Waals surface area contributed by atoms with Gasteiger partial charge in [0.05, 0.1) is 0 Å². The fourth-order valence-electron chi connectivity index (χ4n) is 1.57. The molecular weight excluding hydrogens is 281 g/mol. The number of nitrogen functional groups attached to an aromatic ring is 1. The Bertz CT molecular complexity index is 613. The summed E-state index contributed by atoms with van der Waals surface area (Å²) in [6.07, 6.45) is 3.06. The third kappa shape index (κ3) is 3.37. The van der Waals surface area contributed by atoms with E-state index in [1.165, 1.54) is 6.08 Å². The maximum absolute atomic E-state index is 11.9. The molecular formula is C15H11Cl2NO. The van der Waals surface area contributed by atoms with Crippen molar-refractivity contribution in [3.05, 3.63) is 69.7 Å². The molecule has 2 aromatic rings. The summed E-state index contributed by atoms with van der Waals surface area (Å²) in [4.78, 5) is 11.9. The highest BCUT2D eigenvalue weighted by molar-refractivity contribution is 6.37. The van der Waals surface area contributed by atoms with Crippen molar-refractivity contribution in [2.24, 2.45) is 0 Å². The maximum Gasteiger partial charge on any atom is 0.185 e. The van der Waals surface area contributed by atoms with E-state index in [2.05, 4.69) is 0 Å². The van der Waals surface area contributed by atoms with E-state index in [0.717, 1.165) is 0 Å². The molecule has 96 valence electrons. The van der Waals surface area contributed by atoms with Gasteiger partial charge < -0.3 is 5.73 Å². The Morgan fingerprint density at radius 1 is 1.00 bits per heavy atom. The number of halogens is 2. The molecule has 0 amide bonds. The second-order valence-corrected chi connectivity index (χ2v) is 4.77. The molecule has 0 radical (unpaired) electrons. The van der Waals surface area contributed by atoms with E-state index in [1.807, 2.05) is 0 Å². The zero-order valence-corrected chi connectivity index (χ0v) is 11.4. The predicted molar refractivity (Wildman–Crippen MR) is 80.7 cm³/mol. The normalized spacial score (nSPS) is 10.8. The molecule has 0 atom stereocenters. The lowest BCUT2D eigenvalue weighted by molar-refractivity contribution is 0.104. The maximum atomic E-state index is 11.9. The molecule has 0 aliphatic heterocycles. The van der Waals surface area contributed by atoms with E-state index in [0.29, 0.717) is 26.9 Å². The van der Waals surface area contributed by atoms with Crippen LogP contribution in [0.4, 0.5) is 5.69 Å². The number of carbonyl (C=O) groups excluding carboxylic acids is 1. The van der Waals surface area contributed by atoms with Gasteiger partial charge in [0, 0.05) is 26.9 Å². The first-order valence-corrected chi connectivity index (χ1v) is 6.35. The van der Waals surface area contributed by atoms with Crippen molar-refractivity contribution in [2.45, 2.75) is 0 Å². The lowest BCUT2D eigenvalue weighted by Gasteiger charge is -2.01. The number of rotatable bonds is 3. The van der Waals surface area contributed by atoms with Crippen LogP contribution in [0, 0.1) is 0 Å². The zero-order chi connectivity index (χ0) is 13.8. The Kier molecular flexibility index (Phi) is 4.25. The van der Waals surface area contributed by atoms with Gasteiger partial charge in [0.25, 0.3) is 0 Å². The molecule has 4 heteroatoms. The molecule has 2 rings (SSSR count). The molecule has 0 aliphatic carbocycles. The average molecular weight is 292 g/mol. The van der Waals surface area contributed by atoms with Gasteiger partial charge in [0.2, 0.25) is 0 Å². The quantitative estimate of drug-likeness (QED) is 0.515. The first-order chi connectivity index (χ1) is 9.08. The van der Waals surface area contributed by atoms with Crippen LogP contribution in [-0.2, 0) is 0 Å². The summed E-state index contributed by atoms with van der Waals surface area (Å²) < 4.78 is 0. The summed E-state index contributed by atoms with van der Waals surface area (Å²) in [5.74, 6) is -0.129. The second kappa shape index (κ2) is 5.91. The van der Waals surface area contributed by atoms with Gasteiger partial charge >= 0.3 is 0 Å². The van der Waals surface area contributed by atoms with Crippen LogP contribution in [0.5, 0.6) is 0 Å². The van der Waals surface area contributed by atoms with Crippen molar-refractivity contribution < 1.29 is 4.79 Å². The van der Waals surface area contributed by atoms with E-state index in [1.54, 1.807) is 48.5 Å². The van der Waals surface area contributed by atoms with Crippen molar-refractivity contribution >= 4 is 40.7 Å². The van der Waals surface area contributed by atoms with Gasteiger partial charge in [-0.15, -0.1) is 0 Å². The smallest absolute Gasteiger partial charge is 0.185 e. The number of benzene rings is 2. The second-order valence-electron chi connectivity index (χ2n) is 3.95. The van der Waals surface area contributed by atoms with Crippen molar-refractivity contribution in [1.82, 2.24) is 0 Å². The summed E-state index contributed by atoms with van der Waals surface area (Å²) in [7, 11) is 0. The van der Waals surface area contributed by atoms with Gasteiger partial charge in [0.1, 0.15) is 0 Å². The van der Waals surface area contributed by atoms with Gasteiger partial charge in [0.15, 0.2) is 5.78 Å². The topological polar surface area (TPSA) is 43.1 Å². The highest BCUT2D eigenvalue weighted by atomic mass is 35.5. The molecule has 0 heterocycles. The first kappa shape index (κ1) is 13.7. The van der Waals surface area contributed by atoms with E-state index in [-0.39, 0.29) is 5.78 Å². The van der Waals surface area contributed by atoms with Crippen LogP contribution < -0.4 is 5.73 Å². The standard InChI is InChI=1S/C15H11Cl2NO/c16-13-2-1-3-14(17)12(13)8-9-15(19)10-4-6-11(18)7-5-10/h1-9H,18H2/b9-8-. The lowest BCUT2D eigenvalue weighted by atomic mass is 10.1. The highest BCUT2D eigenvalue weighted by Gasteiger charge is 2.04. The molecule has 0 saturated carbocycles. The molecule has 2 nitrogen and oxygen atoms in total. The average Bonchev–Trinajstić information content (AvgIpc) is 2.38.